The highest BCUT2D eigenvalue weighted by Crippen LogP contribution is 2.23. The zero-order valence-corrected chi connectivity index (χ0v) is 11.6. The van der Waals surface area contributed by atoms with Crippen molar-refractivity contribution in [2.45, 2.75) is 13.1 Å². The third kappa shape index (κ3) is 2.03. The first kappa shape index (κ1) is 12.6. The average molecular weight is 292 g/mol. The van der Waals surface area contributed by atoms with Gasteiger partial charge in [0.1, 0.15) is 0 Å². The molecule has 0 aliphatic carbocycles. The lowest BCUT2D eigenvalue weighted by Crippen LogP contribution is -2.25. The zero-order valence-electron chi connectivity index (χ0n) is 11.6. The van der Waals surface area contributed by atoms with Gasteiger partial charge in [0.15, 0.2) is 0 Å². The number of carbonyl (C=O) groups excluding carboxylic acids is 1. The van der Waals surface area contributed by atoms with Crippen LogP contribution in [0.15, 0.2) is 36.8 Å². The van der Waals surface area contributed by atoms with Crippen LogP contribution in [0.2, 0.25) is 0 Å². The number of nitrogens with two attached hydrogens (primary N) is 1. The summed E-state index contributed by atoms with van der Waals surface area (Å²) in [5.74, 6) is 0.165. The Kier molecular flexibility index (Phi) is 2.72. The molecule has 1 aliphatic rings. The van der Waals surface area contributed by atoms with Crippen molar-refractivity contribution < 1.29 is 4.79 Å². The second kappa shape index (κ2) is 4.73. The quantitative estimate of drug-likeness (QED) is 0.722. The van der Waals surface area contributed by atoms with E-state index in [1.165, 1.54) is 0 Å². The van der Waals surface area contributed by atoms with Crippen molar-refractivity contribution in [3.63, 3.8) is 0 Å². The number of rotatable bonds is 1. The van der Waals surface area contributed by atoms with E-state index in [0.29, 0.717) is 24.2 Å². The summed E-state index contributed by atoms with van der Waals surface area (Å²) in [5, 5.41) is 0. The maximum Gasteiger partial charge on any atom is 0.254 e. The third-order valence-electron chi connectivity index (χ3n) is 3.68. The minimum Gasteiger partial charge on any atom is -0.368 e. The van der Waals surface area contributed by atoms with E-state index in [0.717, 1.165) is 16.8 Å². The van der Waals surface area contributed by atoms with Crippen LogP contribution in [0.3, 0.4) is 0 Å². The number of carbonyl (C=O) groups is 1. The van der Waals surface area contributed by atoms with Crippen molar-refractivity contribution in [2.24, 2.45) is 0 Å². The molecular formula is C15H12N6O. The highest BCUT2D eigenvalue weighted by molar-refractivity contribution is 5.97. The second-order valence-electron chi connectivity index (χ2n) is 5.12. The van der Waals surface area contributed by atoms with Gasteiger partial charge in [0.25, 0.3) is 5.91 Å². The number of nitrogen functional groups attached to an aromatic ring is 1. The SMILES string of the molecule is Nc1ncc2c(n1)CN(C(=O)c1ccc3nccnc3c1)C2. The predicted octanol–water partition coefficient (Wildman–Crippen LogP) is 1.16. The Balaban J connectivity index is 1.64. The molecule has 0 saturated carbocycles. The number of hydrogen-bond donors (Lipinski definition) is 1. The van der Waals surface area contributed by atoms with Gasteiger partial charge in [0.2, 0.25) is 5.95 Å². The Labute approximate surface area is 125 Å². The predicted molar refractivity (Wildman–Crippen MR) is 79.6 cm³/mol. The average Bonchev–Trinajstić information content (AvgIpc) is 2.96. The number of aromatic nitrogens is 4. The number of anilines is 1. The summed E-state index contributed by atoms with van der Waals surface area (Å²) in [6.45, 7) is 0.937. The lowest BCUT2D eigenvalue weighted by Gasteiger charge is -2.15. The molecule has 0 unspecified atom stereocenters. The van der Waals surface area contributed by atoms with Crippen LogP contribution in [-0.2, 0) is 13.1 Å². The Morgan fingerprint density at radius 1 is 1.09 bits per heavy atom. The number of fused-ring (bicyclic) bond motifs is 2. The van der Waals surface area contributed by atoms with Crippen LogP contribution in [0.25, 0.3) is 11.0 Å². The van der Waals surface area contributed by atoms with Crippen LogP contribution >= 0.6 is 0 Å². The zero-order chi connectivity index (χ0) is 15.1. The van der Waals surface area contributed by atoms with Crippen LogP contribution in [-0.4, -0.2) is 30.7 Å². The summed E-state index contributed by atoms with van der Waals surface area (Å²) in [4.78, 5) is 30.9. The molecule has 1 aliphatic heterocycles. The van der Waals surface area contributed by atoms with Gasteiger partial charge in [-0.25, -0.2) is 9.97 Å². The molecule has 3 heterocycles. The van der Waals surface area contributed by atoms with Gasteiger partial charge in [-0.15, -0.1) is 0 Å². The summed E-state index contributed by atoms with van der Waals surface area (Å²) in [7, 11) is 0. The molecule has 108 valence electrons. The maximum absolute atomic E-state index is 12.6. The highest BCUT2D eigenvalue weighted by atomic mass is 16.2. The largest absolute Gasteiger partial charge is 0.368 e. The van der Waals surface area contributed by atoms with E-state index in [1.807, 2.05) is 0 Å². The summed E-state index contributed by atoms with van der Waals surface area (Å²) < 4.78 is 0. The molecule has 0 radical (unpaired) electrons. The number of hydrogen-bond acceptors (Lipinski definition) is 6. The van der Waals surface area contributed by atoms with E-state index in [-0.39, 0.29) is 11.9 Å². The Bertz CT molecular complexity index is 894. The smallest absolute Gasteiger partial charge is 0.254 e. The van der Waals surface area contributed by atoms with Gasteiger partial charge in [-0.1, -0.05) is 0 Å². The molecule has 2 aromatic heterocycles. The molecule has 2 N–H and O–H groups in total. The van der Waals surface area contributed by atoms with Crippen LogP contribution < -0.4 is 5.73 Å². The van der Waals surface area contributed by atoms with Gasteiger partial charge in [-0.05, 0) is 18.2 Å². The van der Waals surface area contributed by atoms with Gasteiger partial charge in [-0.2, -0.15) is 0 Å². The number of nitrogens with zero attached hydrogens (tertiary/aromatic N) is 5. The van der Waals surface area contributed by atoms with Gasteiger partial charge in [0.05, 0.1) is 23.3 Å². The lowest BCUT2D eigenvalue weighted by molar-refractivity contribution is 0.0750. The lowest BCUT2D eigenvalue weighted by atomic mass is 10.1. The fourth-order valence-electron chi connectivity index (χ4n) is 2.59. The molecule has 4 rings (SSSR count). The highest BCUT2D eigenvalue weighted by Gasteiger charge is 2.26. The monoisotopic (exact) mass is 292 g/mol. The van der Waals surface area contributed by atoms with Crippen molar-refractivity contribution in [1.29, 1.82) is 0 Å². The normalized spacial score (nSPS) is 13.4. The molecule has 22 heavy (non-hydrogen) atoms. The van der Waals surface area contributed by atoms with Gasteiger partial charge >= 0.3 is 0 Å². The van der Waals surface area contributed by atoms with Gasteiger partial charge in [0, 0.05) is 36.3 Å². The minimum absolute atomic E-state index is 0.0656. The molecule has 7 nitrogen and oxygen atoms in total. The molecule has 1 amide bonds. The fourth-order valence-corrected chi connectivity index (χ4v) is 2.59. The fraction of sp³-hybridized carbons (Fsp3) is 0.133. The van der Waals surface area contributed by atoms with Crippen LogP contribution in [0.4, 0.5) is 5.95 Å². The molecule has 0 atom stereocenters. The van der Waals surface area contributed by atoms with Crippen molar-refractivity contribution >= 4 is 22.9 Å². The molecule has 0 fully saturated rings. The molecule has 1 aromatic carbocycles. The van der Waals surface area contributed by atoms with Gasteiger partial charge in [-0.3, -0.25) is 14.8 Å². The van der Waals surface area contributed by atoms with E-state index in [1.54, 1.807) is 41.7 Å². The standard InChI is InChI=1S/C15H12N6O/c16-15-19-6-10-7-21(8-13(10)20-15)14(22)9-1-2-11-12(5-9)18-4-3-17-11/h1-6H,7-8H2,(H2,16,19,20). The minimum atomic E-state index is -0.0656. The first-order chi connectivity index (χ1) is 10.7. The summed E-state index contributed by atoms with van der Waals surface area (Å²) in [6.07, 6.45) is 4.92. The van der Waals surface area contributed by atoms with E-state index < -0.39 is 0 Å². The maximum atomic E-state index is 12.6. The Morgan fingerprint density at radius 2 is 1.91 bits per heavy atom. The third-order valence-corrected chi connectivity index (χ3v) is 3.68. The molecule has 0 saturated heterocycles. The second-order valence-corrected chi connectivity index (χ2v) is 5.12. The molecular weight excluding hydrogens is 280 g/mol. The molecule has 7 heteroatoms. The van der Waals surface area contributed by atoms with E-state index in [4.69, 9.17) is 5.73 Å². The molecule has 0 bridgehead atoms. The van der Waals surface area contributed by atoms with E-state index in [2.05, 4.69) is 19.9 Å². The topological polar surface area (TPSA) is 97.9 Å². The van der Waals surface area contributed by atoms with E-state index >= 15 is 0 Å². The Morgan fingerprint density at radius 3 is 2.77 bits per heavy atom. The molecule has 0 spiro atoms. The van der Waals surface area contributed by atoms with Crippen molar-refractivity contribution in [3.8, 4) is 0 Å². The summed E-state index contributed by atoms with van der Waals surface area (Å²) >= 11 is 0. The molecule has 3 aromatic rings. The summed E-state index contributed by atoms with van der Waals surface area (Å²) in [6, 6.07) is 5.33. The van der Waals surface area contributed by atoms with Crippen molar-refractivity contribution in [1.82, 2.24) is 24.8 Å². The van der Waals surface area contributed by atoms with Gasteiger partial charge < -0.3 is 10.6 Å². The van der Waals surface area contributed by atoms with Crippen molar-refractivity contribution in [3.05, 3.63) is 53.6 Å². The first-order valence-electron chi connectivity index (χ1n) is 6.81. The first-order valence-corrected chi connectivity index (χ1v) is 6.81. The van der Waals surface area contributed by atoms with E-state index in [9.17, 15) is 4.79 Å². The van der Waals surface area contributed by atoms with Crippen LogP contribution in [0, 0.1) is 0 Å². The van der Waals surface area contributed by atoms with Crippen LogP contribution in [0.5, 0.6) is 0 Å². The number of benzene rings is 1. The summed E-state index contributed by atoms with van der Waals surface area (Å²) in [5.41, 5.74) is 9.38. The number of amides is 1. The van der Waals surface area contributed by atoms with Crippen molar-refractivity contribution in [2.75, 3.05) is 5.73 Å². The van der Waals surface area contributed by atoms with Crippen LogP contribution in [0.1, 0.15) is 21.6 Å². The Hall–Kier alpha value is -3.09.